The molecule has 0 aliphatic carbocycles. The van der Waals surface area contributed by atoms with Crippen LogP contribution in [0.25, 0.3) is 10.9 Å². The highest BCUT2D eigenvalue weighted by Gasteiger charge is 2.11. The Morgan fingerprint density at radius 1 is 1.04 bits per heavy atom. The molecule has 0 unspecified atom stereocenters. The van der Waals surface area contributed by atoms with Crippen molar-refractivity contribution in [3.8, 4) is 11.9 Å². The molecule has 2 heterocycles. The Morgan fingerprint density at radius 2 is 1.92 bits per heavy atom. The molecule has 0 radical (unpaired) electrons. The van der Waals surface area contributed by atoms with Gasteiger partial charge in [0.1, 0.15) is 12.3 Å². The molecule has 2 aromatic heterocycles. The van der Waals surface area contributed by atoms with Gasteiger partial charge in [-0.3, -0.25) is 4.98 Å². The second-order valence-electron chi connectivity index (χ2n) is 5.42. The smallest absolute Gasteiger partial charge is 0.319 e. The quantitative estimate of drug-likeness (QED) is 0.662. The lowest BCUT2D eigenvalue weighted by molar-refractivity contribution is 0.140. The number of nitrogens with zero attached hydrogens (tertiary/aromatic N) is 3. The first-order valence-corrected chi connectivity index (χ1v) is 7.86. The zero-order chi connectivity index (χ0) is 17.6. The fourth-order valence-electron chi connectivity index (χ4n) is 2.39. The minimum absolute atomic E-state index is 0.245. The Hall–Kier alpha value is -2.93. The largest absolute Gasteiger partial charge is 0.479 e. The van der Waals surface area contributed by atoms with Gasteiger partial charge in [-0.25, -0.2) is 4.98 Å². The summed E-state index contributed by atoms with van der Waals surface area (Å²) in [6.07, 6.45) is 3.40. The highest BCUT2D eigenvalue weighted by Crippen LogP contribution is 2.30. The van der Waals surface area contributed by atoms with E-state index in [-0.39, 0.29) is 6.01 Å². The summed E-state index contributed by atoms with van der Waals surface area (Å²) < 4.78 is 15.7. The van der Waals surface area contributed by atoms with E-state index < -0.39 is 0 Å². The van der Waals surface area contributed by atoms with Crippen LogP contribution in [0.3, 0.4) is 0 Å². The maximum atomic E-state index is 5.41. The minimum atomic E-state index is 0.245. The van der Waals surface area contributed by atoms with E-state index in [0.29, 0.717) is 24.8 Å². The normalized spacial score (nSPS) is 10.7. The van der Waals surface area contributed by atoms with Crippen LogP contribution in [-0.4, -0.2) is 42.4 Å². The summed E-state index contributed by atoms with van der Waals surface area (Å²) in [7, 11) is 3.17. The van der Waals surface area contributed by atoms with E-state index in [1.807, 2.05) is 25.1 Å². The number of fused-ring (bicyclic) bond motifs is 1. The van der Waals surface area contributed by atoms with Gasteiger partial charge in [0.15, 0.2) is 0 Å². The molecule has 130 valence electrons. The van der Waals surface area contributed by atoms with E-state index in [2.05, 4.69) is 26.3 Å². The molecule has 0 atom stereocenters. The van der Waals surface area contributed by atoms with Crippen molar-refractivity contribution in [2.24, 2.45) is 0 Å². The molecule has 0 saturated heterocycles. The van der Waals surface area contributed by atoms with Crippen molar-refractivity contribution in [2.75, 3.05) is 32.8 Å². The number of ether oxygens (including phenoxy) is 3. The van der Waals surface area contributed by atoms with Gasteiger partial charge in [0, 0.05) is 24.4 Å². The molecule has 3 rings (SSSR count). The molecule has 25 heavy (non-hydrogen) atoms. The van der Waals surface area contributed by atoms with Gasteiger partial charge < -0.3 is 19.5 Å². The standard InChI is InChI=1S/C18H20N4O3/c1-12-4-5-13-14(6-7-19-15(13)10-12)21-16-11-20-18(22-17(16)24-3)25-9-8-23-2/h4-7,10-11H,8-9H2,1-3H3,(H,19,21). The molecule has 0 amide bonds. The van der Waals surface area contributed by atoms with Crippen molar-refractivity contribution >= 4 is 22.3 Å². The van der Waals surface area contributed by atoms with Crippen LogP contribution < -0.4 is 14.8 Å². The van der Waals surface area contributed by atoms with Crippen molar-refractivity contribution in [3.05, 3.63) is 42.2 Å². The molecule has 0 saturated carbocycles. The topological polar surface area (TPSA) is 78.4 Å². The highest BCUT2D eigenvalue weighted by atomic mass is 16.5. The first-order chi connectivity index (χ1) is 12.2. The number of aryl methyl sites for hydroxylation is 1. The Balaban J connectivity index is 1.87. The van der Waals surface area contributed by atoms with Crippen LogP contribution in [0.15, 0.2) is 36.7 Å². The lowest BCUT2D eigenvalue weighted by Gasteiger charge is -2.13. The first kappa shape index (κ1) is 16.9. The summed E-state index contributed by atoms with van der Waals surface area (Å²) in [5.41, 5.74) is 3.63. The number of hydrogen-bond acceptors (Lipinski definition) is 7. The van der Waals surface area contributed by atoms with Gasteiger partial charge in [0.05, 0.1) is 25.4 Å². The summed E-state index contributed by atoms with van der Waals surface area (Å²) in [4.78, 5) is 12.9. The van der Waals surface area contributed by atoms with Gasteiger partial charge in [0.2, 0.25) is 5.88 Å². The van der Waals surface area contributed by atoms with Gasteiger partial charge in [-0.2, -0.15) is 4.98 Å². The van der Waals surface area contributed by atoms with Crippen LogP contribution >= 0.6 is 0 Å². The Bertz CT molecular complexity index is 870. The summed E-state index contributed by atoms with van der Waals surface area (Å²) in [6, 6.07) is 8.28. The van der Waals surface area contributed by atoms with Crippen molar-refractivity contribution in [1.82, 2.24) is 15.0 Å². The van der Waals surface area contributed by atoms with E-state index in [9.17, 15) is 0 Å². The molecule has 1 N–H and O–H groups in total. The van der Waals surface area contributed by atoms with Gasteiger partial charge in [-0.1, -0.05) is 12.1 Å². The molecule has 0 aliphatic heterocycles. The third-order valence-corrected chi connectivity index (χ3v) is 3.61. The summed E-state index contributed by atoms with van der Waals surface area (Å²) in [5.74, 6) is 0.402. The van der Waals surface area contributed by atoms with Crippen molar-refractivity contribution < 1.29 is 14.2 Å². The molecule has 0 spiro atoms. The molecule has 0 bridgehead atoms. The molecule has 3 aromatic rings. The molecule has 0 aliphatic rings. The van der Waals surface area contributed by atoms with Crippen molar-refractivity contribution in [1.29, 1.82) is 0 Å². The average Bonchev–Trinajstić information content (AvgIpc) is 2.63. The van der Waals surface area contributed by atoms with E-state index in [4.69, 9.17) is 14.2 Å². The Morgan fingerprint density at radius 3 is 2.72 bits per heavy atom. The van der Waals surface area contributed by atoms with Crippen LogP contribution in [-0.2, 0) is 4.74 Å². The number of methoxy groups -OCH3 is 2. The van der Waals surface area contributed by atoms with Crippen LogP contribution in [0.4, 0.5) is 11.4 Å². The predicted octanol–water partition coefficient (Wildman–Crippen LogP) is 3.11. The lowest BCUT2D eigenvalue weighted by atomic mass is 10.1. The SMILES string of the molecule is COCCOc1ncc(Nc2ccnc3cc(C)ccc23)c(OC)n1. The van der Waals surface area contributed by atoms with Gasteiger partial charge in [-0.05, 0) is 24.6 Å². The Kier molecular flexibility index (Phi) is 5.25. The number of pyridine rings is 1. The third-order valence-electron chi connectivity index (χ3n) is 3.61. The Labute approximate surface area is 146 Å². The number of anilines is 2. The summed E-state index contributed by atoms with van der Waals surface area (Å²) in [5, 5.41) is 4.32. The molecular formula is C18H20N4O3. The summed E-state index contributed by atoms with van der Waals surface area (Å²) in [6.45, 7) is 2.88. The number of hydrogen-bond donors (Lipinski definition) is 1. The van der Waals surface area contributed by atoms with Crippen molar-refractivity contribution in [2.45, 2.75) is 6.92 Å². The minimum Gasteiger partial charge on any atom is -0.479 e. The van der Waals surface area contributed by atoms with E-state index in [1.165, 1.54) is 0 Å². The van der Waals surface area contributed by atoms with Crippen LogP contribution in [0.5, 0.6) is 11.9 Å². The zero-order valence-corrected chi connectivity index (χ0v) is 14.4. The maximum absolute atomic E-state index is 5.41. The van der Waals surface area contributed by atoms with Gasteiger partial charge in [-0.15, -0.1) is 0 Å². The van der Waals surface area contributed by atoms with Crippen LogP contribution in [0, 0.1) is 6.92 Å². The maximum Gasteiger partial charge on any atom is 0.319 e. The van der Waals surface area contributed by atoms with Crippen LogP contribution in [0.2, 0.25) is 0 Å². The number of rotatable bonds is 7. The second kappa shape index (κ2) is 7.76. The van der Waals surface area contributed by atoms with E-state index in [1.54, 1.807) is 26.6 Å². The van der Waals surface area contributed by atoms with Gasteiger partial charge >= 0.3 is 6.01 Å². The number of benzene rings is 1. The lowest BCUT2D eigenvalue weighted by Crippen LogP contribution is -2.08. The highest BCUT2D eigenvalue weighted by molar-refractivity contribution is 5.93. The molecule has 1 aromatic carbocycles. The number of nitrogens with one attached hydrogen (secondary N) is 1. The third kappa shape index (κ3) is 3.95. The fourth-order valence-corrected chi connectivity index (χ4v) is 2.39. The van der Waals surface area contributed by atoms with Gasteiger partial charge in [0.25, 0.3) is 0 Å². The summed E-state index contributed by atoms with van der Waals surface area (Å²) >= 11 is 0. The van der Waals surface area contributed by atoms with Crippen molar-refractivity contribution in [3.63, 3.8) is 0 Å². The van der Waals surface area contributed by atoms with Crippen LogP contribution in [0.1, 0.15) is 5.56 Å². The predicted molar refractivity (Wildman–Crippen MR) is 95.7 cm³/mol. The molecule has 7 heteroatoms. The average molecular weight is 340 g/mol. The number of aromatic nitrogens is 3. The molecule has 0 fully saturated rings. The first-order valence-electron chi connectivity index (χ1n) is 7.86. The molecular weight excluding hydrogens is 320 g/mol. The second-order valence-corrected chi connectivity index (χ2v) is 5.42. The van der Waals surface area contributed by atoms with E-state index >= 15 is 0 Å². The fraction of sp³-hybridized carbons (Fsp3) is 0.278. The monoisotopic (exact) mass is 340 g/mol. The van der Waals surface area contributed by atoms with E-state index in [0.717, 1.165) is 22.2 Å². The molecule has 7 nitrogen and oxygen atoms in total. The zero-order valence-electron chi connectivity index (χ0n) is 14.4.